The second-order valence-electron chi connectivity index (χ2n) is 10.8. The molecule has 0 unspecified atom stereocenters. The van der Waals surface area contributed by atoms with E-state index in [1.165, 1.54) is 35.4 Å². The number of nitrogens with zero attached hydrogens (tertiary/aromatic N) is 1. The van der Waals surface area contributed by atoms with E-state index in [1.54, 1.807) is 0 Å². The lowest BCUT2D eigenvalue weighted by atomic mass is 9.87. The van der Waals surface area contributed by atoms with Crippen molar-refractivity contribution < 1.29 is 31.0 Å². The average molecular weight is 614 g/mol. The normalized spacial score (nSPS) is 12.9. The van der Waals surface area contributed by atoms with E-state index in [0.717, 1.165) is 30.7 Å². The van der Waals surface area contributed by atoms with E-state index in [2.05, 4.69) is 69.9 Å². The Hall–Kier alpha value is -3.28. The van der Waals surface area contributed by atoms with E-state index in [1.807, 2.05) is 18.2 Å². The molecule has 0 aliphatic carbocycles. The van der Waals surface area contributed by atoms with Crippen molar-refractivity contribution in [2.24, 2.45) is 0 Å². The largest absolute Gasteiger partial charge is 0.508 e. The first kappa shape index (κ1) is 33.2. The smallest absolute Gasteiger partial charge is 0.295 e. The number of phenols is 1. The minimum atomic E-state index is -4.47. The molecular formula is C32H39NO7S2. The number of hydrogen-bond acceptors (Lipinski definition) is 6. The number of phenolic OH excluding ortho intramolecular Hbond substituents is 1. The summed E-state index contributed by atoms with van der Waals surface area (Å²) in [6.45, 7) is 12.1. The molecule has 0 spiro atoms. The fourth-order valence-electron chi connectivity index (χ4n) is 5.23. The molecule has 10 heteroatoms. The van der Waals surface area contributed by atoms with Gasteiger partial charge in [-0.1, -0.05) is 72.3 Å². The van der Waals surface area contributed by atoms with Crippen LogP contribution in [-0.2, 0) is 20.2 Å². The second-order valence-corrected chi connectivity index (χ2v) is 13.6. The maximum Gasteiger partial charge on any atom is 0.295 e. The Morgan fingerprint density at radius 3 is 1.64 bits per heavy atom. The Morgan fingerprint density at radius 1 is 0.690 bits per heavy atom. The van der Waals surface area contributed by atoms with Crippen molar-refractivity contribution in [1.29, 1.82) is 0 Å². The molecule has 3 N–H and O–H groups in total. The van der Waals surface area contributed by atoms with Gasteiger partial charge in [-0.3, -0.25) is 14.0 Å². The highest BCUT2D eigenvalue weighted by Crippen LogP contribution is 2.35. The maximum absolute atomic E-state index is 11.2. The minimum absolute atomic E-state index is 0.0233. The van der Waals surface area contributed by atoms with Gasteiger partial charge in [0.15, 0.2) is 0 Å². The van der Waals surface area contributed by atoms with Crippen molar-refractivity contribution in [3.05, 3.63) is 102 Å². The Bertz CT molecular complexity index is 1640. The molecule has 4 aromatic rings. The summed E-state index contributed by atoms with van der Waals surface area (Å²) in [5, 5.41) is 10.5. The van der Waals surface area contributed by atoms with Crippen LogP contribution in [0.1, 0.15) is 56.7 Å². The number of hydrogen-bond donors (Lipinski definition) is 3. The van der Waals surface area contributed by atoms with Gasteiger partial charge in [0.2, 0.25) is 0 Å². The third-order valence-electron chi connectivity index (χ3n) is 7.16. The zero-order valence-corrected chi connectivity index (χ0v) is 26.1. The summed E-state index contributed by atoms with van der Waals surface area (Å²) in [5.41, 5.74) is 3.49. The molecule has 0 bridgehead atoms. The summed E-state index contributed by atoms with van der Waals surface area (Å²) in [7, 11) is -8.94. The van der Waals surface area contributed by atoms with Gasteiger partial charge in [0.1, 0.15) is 15.5 Å². The van der Waals surface area contributed by atoms with Crippen molar-refractivity contribution in [1.82, 2.24) is 4.90 Å². The Balaban J connectivity index is 0.000000240. The average Bonchev–Trinajstić information content (AvgIpc) is 2.91. The summed E-state index contributed by atoms with van der Waals surface area (Å²) >= 11 is 0. The van der Waals surface area contributed by atoms with E-state index in [4.69, 9.17) is 9.11 Å². The van der Waals surface area contributed by atoms with Gasteiger partial charge in [-0.05, 0) is 71.3 Å². The van der Waals surface area contributed by atoms with Crippen molar-refractivity contribution in [3.8, 4) is 5.75 Å². The third-order valence-corrected chi connectivity index (χ3v) is 8.98. The maximum atomic E-state index is 11.2. The van der Waals surface area contributed by atoms with Crippen LogP contribution in [0.5, 0.6) is 5.75 Å². The first-order valence-electron chi connectivity index (χ1n) is 13.7. The zero-order valence-electron chi connectivity index (χ0n) is 24.5. The molecule has 0 saturated carbocycles. The summed E-state index contributed by atoms with van der Waals surface area (Å²) in [4.78, 5) is 1.69. The highest BCUT2D eigenvalue weighted by Gasteiger charge is 2.22. The van der Waals surface area contributed by atoms with Gasteiger partial charge in [-0.2, -0.15) is 16.8 Å². The molecule has 8 nitrogen and oxygen atoms in total. The molecule has 0 saturated heterocycles. The van der Waals surface area contributed by atoms with Crippen molar-refractivity contribution >= 4 is 31.0 Å². The van der Waals surface area contributed by atoms with Crippen LogP contribution in [0, 0.1) is 6.92 Å². The molecular weight excluding hydrogens is 574 g/mol. The SMILES string of the molecule is Cc1ccc(O)c([C@H](CCN(C(C)C)C(C)C)c2ccccc2)c1.O=S(=O)(O)c1cccc2c(S(=O)(=O)O)cccc12. The Labute approximate surface area is 249 Å². The van der Waals surface area contributed by atoms with Crippen molar-refractivity contribution in [2.45, 2.75) is 68.8 Å². The molecule has 0 aliphatic rings. The van der Waals surface area contributed by atoms with Crippen LogP contribution in [0.15, 0.2) is 94.7 Å². The van der Waals surface area contributed by atoms with E-state index in [0.29, 0.717) is 17.8 Å². The summed E-state index contributed by atoms with van der Waals surface area (Å²) < 4.78 is 62.7. The molecule has 0 aliphatic heterocycles. The van der Waals surface area contributed by atoms with Crippen LogP contribution < -0.4 is 0 Å². The number of rotatable bonds is 9. The quantitative estimate of drug-likeness (QED) is 0.178. The van der Waals surface area contributed by atoms with Crippen LogP contribution >= 0.6 is 0 Å². The summed E-state index contributed by atoms with van der Waals surface area (Å²) in [6, 6.07) is 25.0. The van der Waals surface area contributed by atoms with Crippen LogP contribution in [0.4, 0.5) is 0 Å². The van der Waals surface area contributed by atoms with E-state index in [9.17, 15) is 21.9 Å². The molecule has 1 atom stereocenters. The van der Waals surface area contributed by atoms with Gasteiger partial charge in [0, 0.05) is 34.3 Å². The molecule has 0 radical (unpaired) electrons. The zero-order chi connectivity index (χ0) is 31.2. The number of aromatic hydroxyl groups is 1. The van der Waals surface area contributed by atoms with Crippen molar-refractivity contribution in [3.63, 3.8) is 0 Å². The van der Waals surface area contributed by atoms with Crippen LogP contribution in [0.25, 0.3) is 10.8 Å². The predicted molar refractivity (Wildman–Crippen MR) is 166 cm³/mol. The van der Waals surface area contributed by atoms with Gasteiger partial charge in [-0.15, -0.1) is 0 Å². The van der Waals surface area contributed by atoms with Crippen LogP contribution in [0.3, 0.4) is 0 Å². The van der Waals surface area contributed by atoms with Crippen LogP contribution in [0.2, 0.25) is 0 Å². The molecule has 4 aromatic carbocycles. The molecule has 226 valence electrons. The monoisotopic (exact) mass is 613 g/mol. The summed E-state index contributed by atoms with van der Waals surface area (Å²) in [6.07, 6.45) is 0.997. The molecule has 4 rings (SSSR count). The fraction of sp³-hybridized carbons (Fsp3) is 0.312. The first-order valence-corrected chi connectivity index (χ1v) is 16.6. The van der Waals surface area contributed by atoms with Gasteiger partial charge < -0.3 is 5.11 Å². The fourth-order valence-corrected chi connectivity index (χ4v) is 6.65. The Morgan fingerprint density at radius 2 is 1.19 bits per heavy atom. The molecule has 42 heavy (non-hydrogen) atoms. The standard InChI is InChI=1S/C22H31NO.C10H8O6S2/c1-16(2)23(17(3)4)14-13-20(19-9-7-6-8-10-19)21-15-18(5)11-12-22(21)24;11-17(12,13)9-5-1-3-7-8(9)4-2-6-10(7)18(14,15)16/h6-12,15-17,20,24H,13-14H2,1-5H3;1-6H,(H,11,12,13)(H,14,15,16)/t20-;/m1./s1. The summed E-state index contributed by atoms with van der Waals surface area (Å²) in [5.74, 6) is 0.612. The second kappa shape index (κ2) is 13.8. The number of benzene rings is 4. The predicted octanol–water partition coefficient (Wildman–Crippen LogP) is 6.67. The van der Waals surface area contributed by atoms with Gasteiger partial charge in [0.25, 0.3) is 20.2 Å². The Kier molecular flexibility index (Phi) is 10.9. The van der Waals surface area contributed by atoms with E-state index < -0.39 is 30.0 Å². The van der Waals surface area contributed by atoms with Crippen LogP contribution in [-0.4, -0.2) is 54.6 Å². The third kappa shape index (κ3) is 8.39. The molecule has 0 fully saturated rings. The lowest BCUT2D eigenvalue weighted by Gasteiger charge is -2.32. The van der Waals surface area contributed by atoms with Gasteiger partial charge >= 0.3 is 0 Å². The number of fused-ring (bicyclic) bond motifs is 1. The first-order chi connectivity index (χ1) is 19.6. The van der Waals surface area contributed by atoms with E-state index in [-0.39, 0.29) is 16.7 Å². The topological polar surface area (TPSA) is 132 Å². The van der Waals surface area contributed by atoms with Gasteiger partial charge in [-0.25, -0.2) is 0 Å². The highest BCUT2D eigenvalue weighted by atomic mass is 32.2. The number of aryl methyl sites for hydroxylation is 1. The molecule has 0 heterocycles. The molecule has 0 aromatic heterocycles. The molecule has 0 amide bonds. The lowest BCUT2D eigenvalue weighted by molar-refractivity contribution is 0.170. The minimum Gasteiger partial charge on any atom is -0.508 e. The van der Waals surface area contributed by atoms with Gasteiger partial charge in [0.05, 0.1) is 0 Å². The van der Waals surface area contributed by atoms with Crippen molar-refractivity contribution in [2.75, 3.05) is 6.54 Å². The van der Waals surface area contributed by atoms with E-state index >= 15 is 0 Å². The lowest BCUT2D eigenvalue weighted by Crippen LogP contribution is -2.38. The highest BCUT2D eigenvalue weighted by molar-refractivity contribution is 7.86.